The normalized spacial score (nSPS) is 10.9. The fourth-order valence-electron chi connectivity index (χ4n) is 2.01. The fraction of sp³-hybridized carbons (Fsp3) is 0. The molecule has 0 saturated carbocycles. The molecule has 8 heteroatoms. The lowest BCUT2D eigenvalue weighted by atomic mass is 10.1. The summed E-state index contributed by atoms with van der Waals surface area (Å²) < 4.78 is 28.3. The number of benzene rings is 1. The number of hydrogen-bond acceptors (Lipinski definition) is 3. The number of nitrogens with two attached hydrogens (primary N) is 1. The van der Waals surface area contributed by atoms with E-state index in [2.05, 4.69) is 31.2 Å². The summed E-state index contributed by atoms with van der Waals surface area (Å²) >= 11 is 3.32. The van der Waals surface area contributed by atoms with Gasteiger partial charge in [0, 0.05) is 16.1 Å². The molecule has 3 aromatic rings. The number of H-pyrrole nitrogens is 1. The smallest absolute Gasteiger partial charge is 0.261 e. The maximum absolute atomic E-state index is 13.8. The molecule has 1 aromatic carbocycles. The van der Waals surface area contributed by atoms with E-state index in [1.165, 1.54) is 6.20 Å². The van der Waals surface area contributed by atoms with Gasteiger partial charge in [-0.3, -0.25) is 4.79 Å². The molecule has 1 amide bonds. The Morgan fingerprint density at radius 3 is 2.91 bits per heavy atom. The molecule has 3 rings (SSSR count). The second-order valence-electron chi connectivity index (χ2n) is 4.54. The number of anilines is 2. The quantitative estimate of drug-likeness (QED) is 0.607. The molecule has 0 bridgehead atoms. The number of aromatic amines is 1. The van der Waals surface area contributed by atoms with Crippen molar-refractivity contribution < 1.29 is 13.6 Å². The number of carbonyl (C=O) groups is 1. The predicted molar refractivity (Wildman–Crippen MR) is 82.5 cm³/mol. The van der Waals surface area contributed by atoms with Gasteiger partial charge in [0.15, 0.2) is 5.82 Å². The lowest BCUT2D eigenvalue weighted by Gasteiger charge is -2.08. The summed E-state index contributed by atoms with van der Waals surface area (Å²) in [6, 6.07) is 3.63. The highest BCUT2D eigenvalue weighted by Crippen LogP contribution is 2.25. The molecule has 4 N–H and O–H groups in total. The van der Waals surface area contributed by atoms with E-state index < -0.39 is 23.1 Å². The third-order valence-corrected chi connectivity index (χ3v) is 3.74. The summed E-state index contributed by atoms with van der Waals surface area (Å²) in [6.07, 6.45) is 3.08. The van der Waals surface area contributed by atoms with Crippen molar-refractivity contribution in [3.63, 3.8) is 0 Å². The van der Waals surface area contributed by atoms with Gasteiger partial charge in [0.25, 0.3) is 5.91 Å². The van der Waals surface area contributed by atoms with Gasteiger partial charge in [-0.1, -0.05) is 0 Å². The van der Waals surface area contributed by atoms with Crippen LogP contribution >= 0.6 is 15.9 Å². The van der Waals surface area contributed by atoms with Gasteiger partial charge in [-0.2, -0.15) is 0 Å². The molecule has 0 aliphatic carbocycles. The van der Waals surface area contributed by atoms with Gasteiger partial charge in [0.05, 0.1) is 17.6 Å². The van der Waals surface area contributed by atoms with Crippen LogP contribution in [-0.2, 0) is 0 Å². The number of carbonyl (C=O) groups excluding carboxylic acids is 1. The first-order chi connectivity index (χ1) is 10.5. The third-order valence-electron chi connectivity index (χ3n) is 3.09. The highest BCUT2D eigenvalue weighted by molar-refractivity contribution is 9.10. The maximum atomic E-state index is 13.8. The number of rotatable bonds is 2. The minimum Gasteiger partial charge on any atom is -0.396 e. The van der Waals surface area contributed by atoms with Crippen LogP contribution in [0.4, 0.5) is 20.2 Å². The summed E-state index contributed by atoms with van der Waals surface area (Å²) in [5, 5.41) is 3.13. The Morgan fingerprint density at radius 2 is 2.14 bits per heavy atom. The number of fused-ring (bicyclic) bond motifs is 1. The van der Waals surface area contributed by atoms with Crippen molar-refractivity contribution in [1.29, 1.82) is 0 Å². The first-order valence-electron chi connectivity index (χ1n) is 6.15. The molecule has 0 saturated heterocycles. The van der Waals surface area contributed by atoms with E-state index in [-0.39, 0.29) is 5.69 Å². The first-order valence-corrected chi connectivity index (χ1v) is 6.94. The average Bonchev–Trinajstić information content (AvgIpc) is 2.85. The van der Waals surface area contributed by atoms with Gasteiger partial charge >= 0.3 is 0 Å². The Hall–Kier alpha value is -2.48. The van der Waals surface area contributed by atoms with E-state index in [4.69, 9.17) is 5.73 Å². The van der Waals surface area contributed by atoms with Crippen molar-refractivity contribution in [2.45, 2.75) is 0 Å². The van der Waals surface area contributed by atoms with Crippen LogP contribution in [0.1, 0.15) is 10.4 Å². The molecular weight excluding hydrogens is 358 g/mol. The van der Waals surface area contributed by atoms with E-state index in [1.54, 1.807) is 12.3 Å². The van der Waals surface area contributed by atoms with E-state index in [9.17, 15) is 13.6 Å². The first kappa shape index (κ1) is 14.5. The molecule has 5 nitrogen and oxygen atoms in total. The van der Waals surface area contributed by atoms with E-state index in [0.29, 0.717) is 11.3 Å². The molecule has 2 aromatic heterocycles. The van der Waals surface area contributed by atoms with Crippen LogP contribution in [0.2, 0.25) is 0 Å². The zero-order chi connectivity index (χ0) is 15.9. The number of hydrogen-bond donors (Lipinski definition) is 3. The Bertz CT molecular complexity index is 894. The van der Waals surface area contributed by atoms with Gasteiger partial charge in [0.2, 0.25) is 0 Å². The third kappa shape index (κ3) is 2.41. The number of nitrogens with zero attached hydrogens (tertiary/aromatic N) is 1. The summed E-state index contributed by atoms with van der Waals surface area (Å²) in [4.78, 5) is 19.1. The number of nitrogen functional groups attached to an aromatic ring is 1. The van der Waals surface area contributed by atoms with Crippen LogP contribution in [0.25, 0.3) is 11.0 Å². The van der Waals surface area contributed by atoms with Crippen molar-refractivity contribution in [3.05, 3.63) is 52.3 Å². The number of pyridine rings is 1. The molecule has 0 spiro atoms. The molecule has 2 heterocycles. The SMILES string of the molecule is Nc1ccc(F)c(C(=O)Nc2cnc3[nH]cc(Br)c3c2)c1F. The summed E-state index contributed by atoms with van der Waals surface area (Å²) in [7, 11) is 0. The predicted octanol–water partition coefficient (Wildman–Crippen LogP) is 3.44. The highest BCUT2D eigenvalue weighted by Gasteiger charge is 2.20. The second kappa shape index (κ2) is 5.38. The van der Waals surface area contributed by atoms with Crippen molar-refractivity contribution in [1.82, 2.24) is 9.97 Å². The van der Waals surface area contributed by atoms with Crippen molar-refractivity contribution >= 4 is 44.2 Å². The number of amides is 1. The molecule has 0 aliphatic heterocycles. The number of halogens is 3. The maximum Gasteiger partial charge on any atom is 0.261 e. The van der Waals surface area contributed by atoms with Crippen LogP contribution in [0, 0.1) is 11.6 Å². The topological polar surface area (TPSA) is 83.8 Å². The fourth-order valence-corrected chi connectivity index (χ4v) is 2.43. The monoisotopic (exact) mass is 366 g/mol. The van der Waals surface area contributed by atoms with Crippen LogP contribution in [0.15, 0.2) is 35.1 Å². The Labute approximate surface area is 131 Å². The number of nitrogens with one attached hydrogen (secondary N) is 2. The van der Waals surface area contributed by atoms with E-state index >= 15 is 0 Å². The van der Waals surface area contributed by atoms with Crippen molar-refractivity contribution in [2.75, 3.05) is 11.1 Å². The molecule has 0 fully saturated rings. The summed E-state index contributed by atoms with van der Waals surface area (Å²) in [5.74, 6) is -3.01. The average molecular weight is 367 g/mol. The zero-order valence-electron chi connectivity index (χ0n) is 11.0. The zero-order valence-corrected chi connectivity index (χ0v) is 12.5. The van der Waals surface area contributed by atoms with Crippen LogP contribution in [-0.4, -0.2) is 15.9 Å². The van der Waals surface area contributed by atoms with Gasteiger partial charge in [-0.05, 0) is 34.1 Å². The molecule has 112 valence electrons. The minimum absolute atomic E-state index is 0.298. The standard InChI is InChI=1S/C14H9BrF2N4O/c15-8-5-20-13-7(8)3-6(4-19-13)21-14(22)11-9(16)1-2-10(18)12(11)17/h1-5H,18H2,(H,19,20)(H,21,22). The summed E-state index contributed by atoms with van der Waals surface area (Å²) in [5.41, 5.74) is 5.25. The van der Waals surface area contributed by atoms with Gasteiger partial charge < -0.3 is 16.0 Å². The second-order valence-corrected chi connectivity index (χ2v) is 5.39. The Kier molecular flexibility index (Phi) is 3.53. The molecule has 0 unspecified atom stereocenters. The lowest BCUT2D eigenvalue weighted by Crippen LogP contribution is -2.17. The van der Waals surface area contributed by atoms with Gasteiger partial charge in [0.1, 0.15) is 17.0 Å². The van der Waals surface area contributed by atoms with Crippen molar-refractivity contribution in [3.8, 4) is 0 Å². The van der Waals surface area contributed by atoms with Crippen LogP contribution < -0.4 is 11.1 Å². The lowest BCUT2D eigenvalue weighted by molar-refractivity contribution is 0.101. The van der Waals surface area contributed by atoms with E-state index in [0.717, 1.165) is 22.0 Å². The highest BCUT2D eigenvalue weighted by atomic mass is 79.9. The van der Waals surface area contributed by atoms with E-state index in [1.807, 2.05) is 0 Å². The molecule has 22 heavy (non-hydrogen) atoms. The van der Waals surface area contributed by atoms with Gasteiger partial charge in [-0.25, -0.2) is 13.8 Å². The largest absolute Gasteiger partial charge is 0.396 e. The molecule has 0 atom stereocenters. The molecule has 0 radical (unpaired) electrons. The Morgan fingerprint density at radius 1 is 1.36 bits per heavy atom. The molecule has 0 aliphatic rings. The number of aromatic nitrogens is 2. The van der Waals surface area contributed by atoms with Gasteiger partial charge in [-0.15, -0.1) is 0 Å². The van der Waals surface area contributed by atoms with Crippen LogP contribution in [0.5, 0.6) is 0 Å². The molecular formula is C14H9BrF2N4O. The minimum atomic E-state index is -1.09. The Balaban J connectivity index is 1.96. The van der Waals surface area contributed by atoms with Crippen molar-refractivity contribution in [2.24, 2.45) is 0 Å². The summed E-state index contributed by atoms with van der Waals surface area (Å²) in [6.45, 7) is 0. The van der Waals surface area contributed by atoms with Crippen LogP contribution in [0.3, 0.4) is 0 Å².